The van der Waals surface area contributed by atoms with Gasteiger partial charge in [-0.25, -0.2) is 13.7 Å². The molecule has 0 saturated heterocycles. The van der Waals surface area contributed by atoms with Gasteiger partial charge in [0.1, 0.15) is 22.7 Å². The third kappa shape index (κ3) is 2.30. The van der Waals surface area contributed by atoms with Crippen molar-refractivity contribution in [2.45, 2.75) is 13.1 Å². The Morgan fingerprint density at radius 2 is 2.19 bits per heavy atom. The number of carbonyl (C=O) groups is 2. The molecule has 0 spiro atoms. The lowest BCUT2D eigenvalue weighted by atomic mass is 10.1. The molecule has 134 valence electrons. The van der Waals surface area contributed by atoms with Gasteiger partial charge in [0.15, 0.2) is 0 Å². The Bertz CT molecular complexity index is 1260. The molecule has 0 atom stereocenters. The number of hydrogen-bond acceptors (Lipinski definition) is 4. The number of pyridine rings is 1. The van der Waals surface area contributed by atoms with Crippen LogP contribution in [0, 0.1) is 5.82 Å². The minimum atomic E-state index is -1.27. The van der Waals surface area contributed by atoms with Crippen LogP contribution in [0.1, 0.15) is 32.0 Å². The Morgan fingerprint density at radius 3 is 3.00 bits per heavy atom. The molecule has 0 unspecified atom stereocenters. The maximum atomic E-state index is 13.7. The molecule has 7 nitrogen and oxygen atoms in total. The van der Waals surface area contributed by atoms with Gasteiger partial charge in [0, 0.05) is 18.1 Å². The molecular weight excluding hydrogens is 353 g/mol. The Kier molecular flexibility index (Phi) is 3.12. The third-order valence-electron chi connectivity index (χ3n) is 4.71. The van der Waals surface area contributed by atoms with Crippen LogP contribution in [0.5, 0.6) is 0 Å². The average molecular weight is 365 g/mol. The summed E-state index contributed by atoms with van der Waals surface area (Å²) in [7, 11) is 0. The monoisotopic (exact) mass is 365 g/mol. The summed E-state index contributed by atoms with van der Waals surface area (Å²) in [5.41, 5.74) is 2.10. The number of amides is 1. The van der Waals surface area contributed by atoms with E-state index in [0.29, 0.717) is 23.3 Å². The lowest BCUT2D eigenvalue weighted by Crippen LogP contribution is -2.33. The second-order valence-electron chi connectivity index (χ2n) is 6.44. The minimum Gasteiger partial charge on any atom is -0.478 e. The molecule has 8 heteroatoms. The standard InChI is InChI=1S/C19H12FN3O4/c20-12-4-11-5-13(27-17(11)14(6-12)19(25)26)9-22-8-10-2-1-3-23-16(10)15(7-21-23)18(22)24/h1-7H,8-9H2,(H,25,26). The molecule has 1 N–H and O–H groups in total. The van der Waals surface area contributed by atoms with Gasteiger partial charge in [-0.2, -0.15) is 5.10 Å². The average Bonchev–Trinajstić information content (AvgIpc) is 3.23. The van der Waals surface area contributed by atoms with E-state index in [-0.39, 0.29) is 23.6 Å². The van der Waals surface area contributed by atoms with Crippen molar-refractivity contribution in [3.8, 4) is 0 Å². The summed E-state index contributed by atoms with van der Waals surface area (Å²) in [6, 6.07) is 7.48. The Labute approximate surface area is 151 Å². The van der Waals surface area contributed by atoms with Gasteiger partial charge in [-0.15, -0.1) is 0 Å². The van der Waals surface area contributed by atoms with Crippen molar-refractivity contribution >= 4 is 28.4 Å². The number of hydrogen-bond donors (Lipinski definition) is 1. The number of nitrogens with zero attached hydrogens (tertiary/aromatic N) is 3. The van der Waals surface area contributed by atoms with Gasteiger partial charge in [-0.05, 0) is 29.8 Å². The van der Waals surface area contributed by atoms with Crippen molar-refractivity contribution < 1.29 is 23.5 Å². The largest absolute Gasteiger partial charge is 0.478 e. The van der Waals surface area contributed by atoms with E-state index >= 15 is 0 Å². The lowest BCUT2D eigenvalue weighted by molar-refractivity contribution is 0.0689. The van der Waals surface area contributed by atoms with Crippen LogP contribution in [0.3, 0.4) is 0 Å². The van der Waals surface area contributed by atoms with Crippen molar-refractivity contribution in [3.05, 3.63) is 71.0 Å². The van der Waals surface area contributed by atoms with Crippen LogP contribution >= 0.6 is 0 Å². The summed E-state index contributed by atoms with van der Waals surface area (Å²) in [4.78, 5) is 25.7. The fraction of sp³-hybridized carbons (Fsp3) is 0.105. The van der Waals surface area contributed by atoms with E-state index in [0.717, 1.165) is 17.1 Å². The minimum absolute atomic E-state index is 0.0942. The quantitative estimate of drug-likeness (QED) is 0.603. The van der Waals surface area contributed by atoms with Crippen LogP contribution in [0.25, 0.3) is 16.5 Å². The Morgan fingerprint density at radius 1 is 1.33 bits per heavy atom. The first-order valence-electron chi connectivity index (χ1n) is 8.21. The predicted octanol–water partition coefficient (Wildman–Crippen LogP) is 3.07. The molecule has 1 aliphatic heterocycles. The molecule has 1 aliphatic rings. The molecule has 5 rings (SSSR count). The van der Waals surface area contributed by atoms with Crippen LogP contribution in [-0.4, -0.2) is 31.5 Å². The van der Waals surface area contributed by atoms with E-state index in [4.69, 9.17) is 4.42 Å². The van der Waals surface area contributed by atoms with Crippen molar-refractivity contribution in [2.24, 2.45) is 0 Å². The highest BCUT2D eigenvalue weighted by atomic mass is 19.1. The maximum absolute atomic E-state index is 13.7. The number of aromatic carboxylic acids is 1. The fourth-order valence-corrected chi connectivity index (χ4v) is 3.57. The molecule has 0 aliphatic carbocycles. The zero-order valence-electron chi connectivity index (χ0n) is 13.8. The van der Waals surface area contributed by atoms with Crippen LogP contribution in [0.2, 0.25) is 0 Å². The van der Waals surface area contributed by atoms with Crippen molar-refractivity contribution in [2.75, 3.05) is 0 Å². The van der Waals surface area contributed by atoms with Gasteiger partial charge < -0.3 is 14.4 Å². The number of fused-ring (bicyclic) bond motifs is 1. The molecule has 0 saturated carbocycles. The number of carboxylic acid groups (broad SMARTS) is 1. The molecule has 4 aromatic rings. The number of furan rings is 1. The molecular formula is C19H12FN3O4. The van der Waals surface area contributed by atoms with E-state index < -0.39 is 11.8 Å². The zero-order valence-corrected chi connectivity index (χ0v) is 13.8. The number of aromatic nitrogens is 2. The van der Waals surface area contributed by atoms with Gasteiger partial charge in [-0.3, -0.25) is 4.79 Å². The zero-order chi connectivity index (χ0) is 18.7. The first kappa shape index (κ1) is 15.6. The molecule has 0 bridgehead atoms. The van der Waals surface area contributed by atoms with Crippen LogP contribution in [0.4, 0.5) is 4.39 Å². The maximum Gasteiger partial charge on any atom is 0.339 e. The van der Waals surface area contributed by atoms with Crippen LogP contribution in [-0.2, 0) is 13.1 Å². The first-order valence-corrected chi connectivity index (χ1v) is 8.21. The van der Waals surface area contributed by atoms with Crippen molar-refractivity contribution in [3.63, 3.8) is 0 Å². The number of rotatable bonds is 3. The first-order chi connectivity index (χ1) is 13.0. The topological polar surface area (TPSA) is 88.0 Å². The highest BCUT2D eigenvalue weighted by Crippen LogP contribution is 2.29. The summed E-state index contributed by atoms with van der Waals surface area (Å²) in [6.45, 7) is 0.513. The number of carbonyl (C=O) groups excluding carboxylic acids is 1. The number of halogens is 1. The van der Waals surface area contributed by atoms with E-state index in [9.17, 15) is 19.1 Å². The van der Waals surface area contributed by atoms with E-state index in [1.54, 1.807) is 21.7 Å². The van der Waals surface area contributed by atoms with E-state index in [1.807, 2.05) is 12.1 Å². The third-order valence-corrected chi connectivity index (χ3v) is 4.71. The summed E-state index contributed by atoms with van der Waals surface area (Å²) >= 11 is 0. The summed E-state index contributed by atoms with van der Waals surface area (Å²) in [6.07, 6.45) is 3.32. The SMILES string of the molecule is O=C(O)c1cc(F)cc2cc(CN3Cc4cccn5ncc(c45)C3=O)oc12. The normalized spacial score (nSPS) is 13.7. The molecule has 0 radical (unpaired) electrons. The number of carboxylic acids is 1. The van der Waals surface area contributed by atoms with E-state index in [2.05, 4.69) is 5.10 Å². The van der Waals surface area contributed by atoms with Gasteiger partial charge in [0.05, 0.1) is 23.8 Å². The smallest absolute Gasteiger partial charge is 0.339 e. The van der Waals surface area contributed by atoms with Gasteiger partial charge in [0.25, 0.3) is 5.91 Å². The summed E-state index contributed by atoms with van der Waals surface area (Å²) in [5.74, 6) is -1.73. The molecule has 0 fully saturated rings. The van der Waals surface area contributed by atoms with Gasteiger partial charge in [-0.1, -0.05) is 6.07 Å². The molecule has 3 aromatic heterocycles. The molecule has 4 heterocycles. The van der Waals surface area contributed by atoms with Crippen LogP contribution < -0.4 is 0 Å². The molecule has 1 amide bonds. The van der Waals surface area contributed by atoms with E-state index in [1.165, 1.54) is 12.3 Å². The Hall–Kier alpha value is -3.68. The van der Waals surface area contributed by atoms with Crippen molar-refractivity contribution in [1.29, 1.82) is 0 Å². The highest BCUT2D eigenvalue weighted by Gasteiger charge is 2.28. The Balaban J connectivity index is 1.53. The number of benzene rings is 1. The van der Waals surface area contributed by atoms with Crippen LogP contribution in [0.15, 0.2) is 47.1 Å². The fourth-order valence-electron chi connectivity index (χ4n) is 3.57. The predicted molar refractivity (Wildman–Crippen MR) is 91.9 cm³/mol. The lowest BCUT2D eigenvalue weighted by Gasteiger charge is -2.25. The van der Waals surface area contributed by atoms with Crippen molar-refractivity contribution in [1.82, 2.24) is 14.5 Å². The molecule has 27 heavy (non-hydrogen) atoms. The highest BCUT2D eigenvalue weighted by molar-refractivity contribution is 6.03. The molecule has 1 aromatic carbocycles. The van der Waals surface area contributed by atoms with Gasteiger partial charge in [0.2, 0.25) is 0 Å². The van der Waals surface area contributed by atoms with Gasteiger partial charge >= 0.3 is 5.97 Å². The summed E-state index contributed by atoms with van der Waals surface area (Å²) < 4.78 is 21.0. The second kappa shape index (κ2) is 5.41. The second-order valence-corrected chi connectivity index (χ2v) is 6.44. The summed E-state index contributed by atoms with van der Waals surface area (Å²) in [5, 5.41) is 13.8.